The molecule has 2 aromatic heterocycles. The molecule has 0 fully saturated rings. The maximum absolute atomic E-state index is 5.78. The number of pyridine rings is 2. The maximum Gasteiger partial charge on any atom is 0.233 e. The van der Waals surface area contributed by atoms with E-state index in [-0.39, 0.29) is 0 Å². The van der Waals surface area contributed by atoms with Crippen LogP contribution in [0, 0.1) is 6.92 Å². The first-order chi connectivity index (χ1) is 7.65. The molecule has 0 bridgehead atoms. The van der Waals surface area contributed by atoms with Crippen molar-refractivity contribution in [2.24, 2.45) is 0 Å². The molecule has 0 aliphatic heterocycles. The molecule has 0 radical (unpaired) electrons. The lowest BCUT2D eigenvalue weighted by atomic mass is 10.4. The van der Waals surface area contributed by atoms with Crippen LogP contribution in [0.25, 0.3) is 0 Å². The van der Waals surface area contributed by atoms with Crippen molar-refractivity contribution in [3.63, 3.8) is 0 Å². The van der Waals surface area contributed by atoms with Crippen molar-refractivity contribution in [3.05, 3.63) is 45.8 Å². The van der Waals surface area contributed by atoms with Gasteiger partial charge in [0.25, 0.3) is 0 Å². The monoisotopic (exact) mass is 298 g/mol. The van der Waals surface area contributed by atoms with E-state index >= 15 is 0 Å². The summed E-state index contributed by atoms with van der Waals surface area (Å²) in [5, 5.41) is 0.557. The van der Waals surface area contributed by atoms with Crippen LogP contribution in [0.15, 0.2) is 35.1 Å². The Morgan fingerprint density at radius 2 is 2.06 bits per heavy atom. The molecule has 0 unspecified atom stereocenters. The van der Waals surface area contributed by atoms with Gasteiger partial charge in [-0.15, -0.1) is 0 Å². The number of aryl methyl sites for hydroxylation is 1. The van der Waals surface area contributed by atoms with E-state index in [2.05, 4.69) is 25.9 Å². The average Bonchev–Trinajstić information content (AvgIpc) is 2.25. The Morgan fingerprint density at radius 3 is 2.69 bits per heavy atom. The summed E-state index contributed by atoms with van der Waals surface area (Å²) in [5.41, 5.74) is 0.940. The normalized spacial score (nSPS) is 10.2. The first-order valence-corrected chi connectivity index (χ1v) is 5.74. The van der Waals surface area contributed by atoms with E-state index < -0.39 is 0 Å². The molecule has 16 heavy (non-hydrogen) atoms. The van der Waals surface area contributed by atoms with Crippen LogP contribution >= 0.6 is 27.5 Å². The molecular formula is C11H8BrClN2O. The molecule has 0 atom stereocenters. The first kappa shape index (κ1) is 11.4. The molecule has 0 aliphatic rings. The number of halogens is 2. The minimum absolute atomic E-state index is 0.468. The van der Waals surface area contributed by atoms with Gasteiger partial charge in [0.2, 0.25) is 5.88 Å². The Bertz CT molecular complexity index is 502. The molecule has 0 amide bonds. The van der Waals surface area contributed by atoms with Crippen LogP contribution in [0.5, 0.6) is 11.6 Å². The molecule has 0 aromatic carbocycles. The Kier molecular flexibility index (Phi) is 3.41. The van der Waals surface area contributed by atoms with Gasteiger partial charge in [-0.05, 0) is 41.1 Å². The number of nitrogens with zero attached hydrogens (tertiary/aromatic N) is 2. The standard InChI is InChI=1S/C11H8BrClN2O/c1-7-2-3-9(6-14-7)16-11-10(12)4-8(13)5-15-11/h2-6H,1H3. The summed E-state index contributed by atoms with van der Waals surface area (Å²) in [4.78, 5) is 8.20. The third-order valence-electron chi connectivity index (χ3n) is 1.87. The van der Waals surface area contributed by atoms with Crippen molar-refractivity contribution in [1.29, 1.82) is 0 Å². The van der Waals surface area contributed by atoms with E-state index in [1.807, 2.05) is 19.1 Å². The highest BCUT2D eigenvalue weighted by molar-refractivity contribution is 9.10. The van der Waals surface area contributed by atoms with E-state index in [0.717, 1.165) is 5.69 Å². The zero-order valence-corrected chi connectivity index (χ0v) is 10.8. The van der Waals surface area contributed by atoms with Gasteiger partial charge in [0.15, 0.2) is 0 Å². The summed E-state index contributed by atoms with van der Waals surface area (Å²) < 4.78 is 6.25. The molecule has 0 aliphatic carbocycles. The second-order valence-electron chi connectivity index (χ2n) is 3.18. The zero-order chi connectivity index (χ0) is 11.5. The smallest absolute Gasteiger partial charge is 0.233 e. The number of aromatic nitrogens is 2. The Morgan fingerprint density at radius 1 is 1.25 bits per heavy atom. The summed E-state index contributed by atoms with van der Waals surface area (Å²) in [6, 6.07) is 5.44. The van der Waals surface area contributed by atoms with Gasteiger partial charge in [-0.2, -0.15) is 0 Å². The van der Waals surface area contributed by atoms with Crippen molar-refractivity contribution in [2.75, 3.05) is 0 Å². The number of hydrogen-bond donors (Lipinski definition) is 0. The lowest BCUT2D eigenvalue weighted by molar-refractivity contribution is 0.457. The summed E-state index contributed by atoms with van der Waals surface area (Å²) in [7, 11) is 0. The fourth-order valence-electron chi connectivity index (χ4n) is 1.10. The van der Waals surface area contributed by atoms with Crippen LogP contribution in [-0.2, 0) is 0 Å². The highest BCUT2D eigenvalue weighted by Crippen LogP contribution is 2.28. The third-order valence-corrected chi connectivity index (χ3v) is 2.65. The highest BCUT2D eigenvalue weighted by atomic mass is 79.9. The zero-order valence-electron chi connectivity index (χ0n) is 8.45. The van der Waals surface area contributed by atoms with E-state index in [9.17, 15) is 0 Å². The largest absolute Gasteiger partial charge is 0.436 e. The van der Waals surface area contributed by atoms with Crippen molar-refractivity contribution < 1.29 is 4.74 Å². The molecular weight excluding hydrogens is 291 g/mol. The topological polar surface area (TPSA) is 35.0 Å². The molecule has 0 saturated heterocycles. The van der Waals surface area contributed by atoms with Gasteiger partial charge in [0.1, 0.15) is 5.75 Å². The predicted molar refractivity (Wildman–Crippen MR) is 66.0 cm³/mol. The van der Waals surface area contributed by atoms with Crippen molar-refractivity contribution in [1.82, 2.24) is 9.97 Å². The third kappa shape index (κ3) is 2.71. The first-order valence-electron chi connectivity index (χ1n) is 4.57. The van der Waals surface area contributed by atoms with E-state index in [4.69, 9.17) is 16.3 Å². The van der Waals surface area contributed by atoms with Gasteiger partial charge >= 0.3 is 0 Å². The molecule has 0 spiro atoms. The minimum atomic E-state index is 0.468. The van der Waals surface area contributed by atoms with E-state index in [0.29, 0.717) is 21.1 Å². The number of ether oxygens (including phenoxy) is 1. The second-order valence-corrected chi connectivity index (χ2v) is 4.47. The van der Waals surface area contributed by atoms with Crippen LogP contribution in [0.4, 0.5) is 0 Å². The van der Waals surface area contributed by atoms with Crippen LogP contribution in [0.3, 0.4) is 0 Å². The molecule has 0 N–H and O–H groups in total. The van der Waals surface area contributed by atoms with Crippen LogP contribution < -0.4 is 4.74 Å². The van der Waals surface area contributed by atoms with Crippen molar-refractivity contribution in [2.45, 2.75) is 6.92 Å². The van der Waals surface area contributed by atoms with Gasteiger partial charge in [-0.1, -0.05) is 11.6 Å². The Hall–Kier alpha value is -1.13. The van der Waals surface area contributed by atoms with Crippen LogP contribution in [0.1, 0.15) is 5.69 Å². The SMILES string of the molecule is Cc1ccc(Oc2ncc(Cl)cc2Br)cn1. The predicted octanol–water partition coefficient (Wildman–Crippen LogP) is 3.99. The quantitative estimate of drug-likeness (QED) is 0.841. The maximum atomic E-state index is 5.78. The summed E-state index contributed by atoms with van der Waals surface area (Å²) in [6.07, 6.45) is 3.18. The molecule has 2 rings (SSSR count). The van der Waals surface area contributed by atoms with E-state index in [1.54, 1.807) is 12.3 Å². The van der Waals surface area contributed by atoms with Gasteiger partial charge in [0, 0.05) is 11.9 Å². The molecule has 3 nitrogen and oxygen atoms in total. The summed E-state index contributed by atoms with van der Waals surface area (Å²) >= 11 is 9.11. The Balaban J connectivity index is 2.23. The Labute approximate surface area is 107 Å². The number of rotatable bonds is 2. The van der Waals surface area contributed by atoms with Crippen LogP contribution in [-0.4, -0.2) is 9.97 Å². The van der Waals surface area contributed by atoms with Gasteiger partial charge in [0.05, 0.1) is 15.7 Å². The van der Waals surface area contributed by atoms with E-state index in [1.165, 1.54) is 6.20 Å². The molecule has 82 valence electrons. The molecule has 2 heterocycles. The summed E-state index contributed by atoms with van der Waals surface area (Å²) in [5.74, 6) is 1.11. The minimum Gasteiger partial charge on any atom is -0.436 e. The van der Waals surface area contributed by atoms with Gasteiger partial charge < -0.3 is 4.74 Å². The molecule has 5 heteroatoms. The highest BCUT2D eigenvalue weighted by Gasteiger charge is 2.05. The van der Waals surface area contributed by atoms with Gasteiger partial charge in [-0.3, -0.25) is 4.98 Å². The molecule has 2 aromatic rings. The second kappa shape index (κ2) is 4.80. The number of hydrogen-bond acceptors (Lipinski definition) is 3. The summed E-state index contributed by atoms with van der Waals surface area (Å²) in [6.45, 7) is 1.92. The fraction of sp³-hybridized carbons (Fsp3) is 0.0909. The molecule has 0 saturated carbocycles. The lowest BCUT2D eigenvalue weighted by Gasteiger charge is -2.06. The van der Waals surface area contributed by atoms with Gasteiger partial charge in [-0.25, -0.2) is 4.98 Å². The van der Waals surface area contributed by atoms with Crippen LogP contribution in [0.2, 0.25) is 5.02 Å². The fourth-order valence-corrected chi connectivity index (χ4v) is 1.82. The van der Waals surface area contributed by atoms with Crippen molar-refractivity contribution >= 4 is 27.5 Å². The van der Waals surface area contributed by atoms with Crippen molar-refractivity contribution in [3.8, 4) is 11.6 Å². The lowest BCUT2D eigenvalue weighted by Crippen LogP contribution is -1.90. The average molecular weight is 300 g/mol.